The maximum Gasteiger partial charge on any atom is 1.00 e. The Labute approximate surface area is 156 Å². The second-order valence-electron chi connectivity index (χ2n) is 4.15. The Morgan fingerprint density at radius 2 is 1.06 bits per heavy atom. The molecule has 0 bridgehead atoms. The topological polar surface area (TPSA) is 52.0 Å². The molecule has 0 saturated heterocycles. The van der Waals surface area contributed by atoms with Gasteiger partial charge in [-0.2, -0.15) is 0 Å². The third-order valence-corrected chi connectivity index (χ3v) is 2.79. The molecule has 2 aromatic carbocycles. The SMILES string of the molecule is Cc1cc(N)ccc1-c1ccc(N)cc1C.[H-].[H-].[Na+].[Na+]. The second kappa shape index (κ2) is 7.59. The molecular formula is C14H18N2Na2. The molecule has 2 nitrogen and oxygen atoms in total. The van der Waals surface area contributed by atoms with Crippen molar-refractivity contribution < 1.29 is 62.0 Å². The Kier molecular flexibility index (Phi) is 7.60. The first kappa shape index (κ1) is 18.0. The van der Waals surface area contributed by atoms with Crippen LogP contribution in [0.5, 0.6) is 0 Å². The third kappa shape index (κ3) is 4.02. The van der Waals surface area contributed by atoms with E-state index < -0.39 is 0 Å². The van der Waals surface area contributed by atoms with Crippen molar-refractivity contribution >= 4 is 11.4 Å². The Balaban J connectivity index is -0.000000722. The fourth-order valence-corrected chi connectivity index (χ4v) is 1.98. The van der Waals surface area contributed by atoms with Gasteiger partial charge in [0.2, 0.25) is 0 Å². The Morgan fingerprint density at radius 3 is 1.33 bits per heavy atom. The van der Waals surface area contributed by atoms with E-state index in [9.17, 15) is 0 Å². The van der Waals surface area contributed by atoms with Gasteiger partial charge in [-0.3, -0.25) is 0 Å². The number of benzene rings is 2. The molecule has 0 spiro atoms. The monoisotopic (exact) mass is 260 g/mol. The molecule has 0 aliphatic heterocycles. The van der Waals surface area contributed by atoms with Crippen molar-refractivity contribution in [3.63, 3.8) is 0 Å². The molecule has 0 unspecified atom stereocenters. The molecule has 0 heterocycles. The molecule has 0 saturated carbocycles. The minimum atomic E-state index is 0. The van der Waals surface area contributed by atoms with Crippen LogP contribution in [0.1, 0.15) is 14.0 Å². The predicted octanol–water partition coefficient (Wildman–Crippen LogP) is -2.63. The minimum Gasteiger partial charge on any atom is -1.00 e. The summed E-state index contributed by atoms with van der Waals surface area (Å²) in [5.74, 6) is 0. The third-order valence-electron chi connectivity index (χ3n) is 2.79. The maximum atomic E-state index is 5.75. The standard InChI is InChI=1S/C14H16N2.2Na.2H/c1-9-7-11(15)3-5-13(9)14-6-4-12(16)8-10(14)2;;;;/h3-8H,15-16H2,1-2H3;;;;/q;2*+1;2*-1. The number of nitrogens with two attached hydrogens (primary N) is 2. The van der Waals surface area contributed by atoms with Crippen molar-refractivity contribution in [2.75, 3.05) is 11.5 Å². The molecule has 4 heteroatoms. The van der Waals surface area contributed by atoms with E-state index in [1.54, 1.807) is 0 Å². The molecule has 4 N–H and O–H groups in total. The summed E-state index contributed by atoms with van der Waals surface area (Å²) in [5, 5.41) is 0. The van der Waals surface area contributed by atoms with E-state index in [1.807, 2.05) is 24.3 Å². The van der Waals surface area contributed by atoms with Crippen LogP contribution in [0.25, 0.3) is 11.1 Å². The summed E-state index contributed by atoms with van der Waals surface area (Å²) in [6, 6.07) is 12.0. The molecule has 0 radical (unpaired) electrons. The van der Waals surface area contributed by atoms with E-state index in [2.05, 4.69) is 26.0 Å². The summed E-state index contributed by atoms with van der Waals surface area (Å²) in [4.78, 5) is 0. The smallest absolute Gasteiger partial charge is 1.00 e. The minimum absolute atomic E-state index is 0. The van der Waals surface area contributed by atoms with Crippen LogP contribution in [0.3, 0.4) is 0 Å². The Morgan fingerprint density at radius 1 is 0.722 bits per heavy atom. The maximum absolute atomic E-state index is 5.75. The fraction of sp³-hybridized carbons (Fsp3) is 0.143. The summed E-state index contributed by atoms with van der Waals surface area (Å²) >= 11 is 0. The van der Waals surface area contributed by atoms with Crippen molar-refractivity contribution in [1.29, 1.82) is 0 Å². The van der Waals surface area contributed by atoms with E-state index in [0.717, 1.165) is 11.4 Å². The average Bonchev–Trinajstić information content (AvgIpc) is 2.19. The van der Waals surface area contributed by atoms with Crippen molar-refractivity contribution in [2.24, 2.45) is 0 Å². The van der Waals surface area contributed by atoms with Gasteiger partial charge in [0, 0.05) is 11.4 Å². The molecule has 0 atom stereocenters. The first-order valence-electron chi connectivity index (χ1n) is 5.30. The summed E-state index contributed by atoms with van der Waals surface area (Å²) in [6.45, 7) is 4.14. The molecule has 0 aromatic heterocycles. The van der Waals surface area contributed by atoms with Crippen LogP contribution in [-0.4, -0.2) is 0 Å². The normalized spacial score (nSPS) is 9.22. The number of rotatable bonds is 1. The van der Waals surface area contributed by atoms with Gasteiger partial charge in [-0.05, 0) is 60.4 Å². The van der Waals surface area contributed by atoms with Crippen LogP contribution < -0.4 is 70.6 Å². The van der Waals surface area contributed by atoms with Crippen LogP contribution in [0.15, 0.2) is 36.4 Å². The zero-order valence-corrected chi connectivity index (χ0v) is 15.6. The number of anilines is 2. The summed E-state index contributed by atoms with van der Waals surface area (Å²) in [6.07, 6.45) is 0. The van der Waals surface area contributed by atoms with E-state index in [4.69, 9.17) is 11.5 Å². The molecule has 0 fully saturated rings. The molecule has 0 aliphatic rings. The van der Waals surface area contributed by atoms with Crippen molar-refractivity contribution in [3.8, 4) is 11.1 Å². The van der Waals surface area contributed by atoms with Gasteiger partial charge >= 0.3 is 59.1 Å². The zero-order valence-electron chi connectivity index (χ0n) is 13.6. The van der Waals surface area contributed by atoms with Gasteiger partial charge in [0.25, 0.3) is 0 Å². The Hall–Kier alpha value is 0.0400. The molecule has 86 valence electrons. The molecular weight excluding hydrogens is 242 g/mol. The molecule has 2 rings (SSSR count). The Bertz CT molecular complexity index is 499. The van der Waals surface area contributed by atoms with Gasteiger partial charge in [-0.15, -0.1) is 0 Å². The summed E-state index contributed by atoms with van der Waals surface area (Å²) in [5.41, 5.74) is 17.9. The second-order valence-corrected chi connectivity index (χ2v) is 4.15. The van der Waals surface area contributed by atoms with Gasteiger partial charge < -0.3 is 14.3 Å². The first-order chi connectivity index (χ1) is 7.58. The number of hydrogen-bond donors (Lipinski definition) is 2. The fourth-order valence-electron chi connectivity index (χ4n) is 1.98. The van der Waals surface area contributed by atoms with Crippen molar-refractivity contribution in [1.82, 2.24) is 0 Å². The number of aryl methyl sites for hydroxylation is 2. The van der Waals surface area contributed by atoms with Gasteiger partial charge in [0.15, 0.2) is 0 Å². The van der Waals surface area contributed by atoms with Crippen LogP contribution in [-0.2, 0) is 0 Å². The molecule has 18 heavy (non-hydrogen) atoms. The summed E-state index contributed by atoms with van der Waals surface area (Å²) in [7, 11) is 0. The van der Waals surface area contributed by atoms with Crippen LogP contribution in [0.2, 0.25) is 0 Å². The quantitative estimate of drug-likeness (QED) is 0.435. The first-order valence-corrected chi connectivity index (χ1v) is 5.30. The van der Waals surface area contributed by atoms with E-state index in [1.165, 1.54) is 22.3 Å². The molecule has 0 aliphatic carbocycles. The summed E-state index contributed by atoms with van der Waals surface area (Å²) < 4.78 is 0. The van der Waals surface area contributed by atoms with Gasteiger partial charge in [0.05, 0.1) is 0 Å². The van der Waals surface area contributed by atoms with E-state index in [-0.39, 0.29) is 62.0 Å². The van der Waals surface area contributed by atoms with Crippen molar-refractivity contribution in [3.05, 3.63) is 47.5 Å². The van der Waals surface area contributed by atoms with Gasteiger partial charge in [-0.25, -0.2) is 0 Å². The molecule has 2 aromatic rings. The number of hydrogen-bond acceptors (Lipinski definition) is 2. The number of nitrogen functional groups attached to an aromatic ring is 2. The largest absolute Gasteiger partial charge is 1.00 e. The van der Waals surface area contributed by atoms with Crippen LogP contribution in [0.4, 0.5) is 11.4 Å². The van der Waals surface area contributed by atoms with Crippen molar-refractivity contribution in [2.45, 2.75) is 13.8 Å². The van der Waals surface area contributed by atoms with E-state index >= 15 is 0 Å². The predicted molar refractivity (Wildman–Crippen MR) is 72.4 cm³/mol. The molecule has 0 amide bonds. The zero-order chi connectivity index (χ0) is 11.7. The van der Waals surface area contributed by atoms with Crippen LogP contribution in [0, 0.1) is 13.8 Å². The van der Waals surface area contributed by atoms with Crippen LogP contribution >= 0.6 is 0 Å². The van der Waals surface area contributed by atoms with E-state index in [0.29, 0.717) is 0 Å². The van der Waals surface area contributed by atoms with Gasteiger partial charge in [0.1, 0.15) is 0 Å². The van der Waals surface area contributed by atoms with Gasteiger partial charge in [-0.1, -0.05) is 12.1 Å². The average molecular weight is 260 g/mol.